The van der Waals surface area contributed by atoms with Crippen LogP contribution in [0.25, 0.3) is 0 Å². The Morgan fingerprint density at radius 2 is 1.79 bits per heavy atom. The highest BCUT2D eigenvalue weighted by Gasteiger charge is 2.40. The highest BCUT2D eigenvalue weighted by molar-refractivity contribution is 6.40. The molecule has 11 heteroatoms. The third-order valence-electron chi connectivity index (χ3n) is 5.08. The summed E-state index contributed by atoms with van der Waals surface area (Å²) in [5.41, 5.74) is 5.39. The largest absolute Gasteiger partial charge is 0.481 e. The number of hydrogen-bond donors (Lipinski definition) is 3. The van der Waals surface area contributed by atoms with Gasteiger partial charge in [0.25, 0.3) is 0 Å². The Kier molecular flexibility index (Phi) is 6.29. The van der Waals surface area contributed by atoms with Crippen LogP contribution >= 0.6 is 23.2 Å². The van der Waals surface area contributed by atoms with Crippen molar-refractivity contribution in [3.05, 3.63) is 28.2 Å². The number of halogens is 2. The number of amides is 4. The van der Waals surface area contributed by atoms with Crippen LogP contribution in [0, 0.1) is 5.92 Å². The molecule has 1 aromatic rings. The molecule has 2 fully saturated rings. The van der Waals surface area contributed by atoms with Gasteiger partial charge in [-0.15, -0.1) is 11.1 Å². The number of nitrogens with zero attached hydrogens (tertiary/aromatic N) is 3. The van der Waals surface area contributed by atoms with Gasteiger partial charge in [-0.2, -0.15) is 5.01 Å². The quantitative estimate of drug-likeness (QED) is 0.678. The van der Waals surface area contributed by atoms with Gasteiger partial charge in [-0.3, -0.25) is 4.79 Å². The van der Waals surface area contributed by atoms with Gasteiger partial charge in [0.15, 0.2) is 0 Å². The lowest BCUT2D eigenvalue weighted by molar-refractivity contribution is -0.143. The van der Waals surface area contributed by atoms with Gasteiger partial charge in [0, 0.05) is 12.6 Å². The van der Waals surface area contributed by atoms with E-state index in [9.17, 15) is 14.4 Å². The third-order valence-corrected chi connectivity index (χ3v) is 5.69. The molecule has 1 heterocycles. The summed E-state index contributed by atoms with van der Waals surface area (Å²) in [4.78, 5) is 38.5. The summed E-state index contributed by atoms with van der Waals surface area (Å²) in [6.07, 6.45) is 2.16. The molecule has 3 rings (SSSR count). The molecule has 0 bridgehead atoms. The van der Waals surface area contributed by atoms with Crippen molar-refractivity contribution >= 4 is 46.9 Å². The average Bonchev–Trinajstić information content (AvgIpc) is 3.04. The molecule has 152 valence electrons. The van der Waals surface area contributed by atoms with Crippen LogP contribution in [0.1, 0.15) is 32.6 Å². The lowest BCUT2D eigenvalue weighted by Crippen LogP contribution is -2.53. The Balaban J connectivity index is 1.72. The van der Waals surface area contributed by atoms with Crippen molar-refractivity contribution in [2.75, 3.05) is 11.6 Å². The Labute approximate surface area is 172 Å². The molecule has 0 aromatic heterocycles. The van der Waals surface area contributed by atoms with Gasteiger partial charge < -0.3 is 10.0 Å². The number of carboxylic acids is 1. The Morgan fingerprint density at radius 3 is 2.32 bits per heavy atom. The van der Waals surface area contributed by atoms with Crippen LogP contribution in [0.15, 0.2) is 18.2 Å². The van der Waals surface area contributed by atoms with Crippen molar-refractivity contribution in [2.24, 2.45) is 5.92 Å². The van der Waals surface area contributed by atoms with E-state index in [2.05, 4.69) is 11.1 Å². The second kappa shape index (κ2) is 8.52. The number of hydrazine groups is 3. The lowest BCUT2D eigenvalue weighted by atomic mass is 9.85. The number of rotatable bonds is 4. The number of urea groups is 2. The normalized spacial score (nSPS) is 22.5. The fraction of sp³-hybridized carbons (Fsp3) is 0.471. The lowest BCUT2D eigenvalue weighted by Gasteiger charge is -2.36. The second-order valence-corrected chi connectivity index (χ2v) is 7.47. The summed E-state index contributed by atoms with van der Waals surface area (Å²) in [6.45, 7) is 2.21. The van der Waals surface area contributed by atoms with Crippen LogP contribution < -0.4 is 16.1 Å². The molecule has 1 saturated carbocycles. The number of carbonyl (C=O) groups excluding carboxylic acids is 2. The van der Waals surface area contributed by atoms with E-state index in [1.807, 2.05) is 6.92 Å². The zero-order chi connectivity index (χ0) is 20.4. The van der Waals surface area contributed by atoms with Crippen LogP contribution in [0.2, 0.25) is 10.0 Å². The molecule has 0 radical (unpaired) electrons. The van der Waals surface area contributed by atoms with Crippen molar-refractivity contribution in [1.82, 2.24) is 21.0 Å². The highest BCUT2D eigenvalue weighted by atomic mass is 35.5. The Bertz CT molecular complexity index is 765. The first-order valence-electron chi connectivity index (χ1n) is 8.98. The smallest absolute Gasteiger partial charge is 0.364 e. The number of carboxylic acid groups (broad SMARTS) is 1. The van der Waals surface area contributed by atoms with E-state index in [4.69, 9.17) is 28.3 Å². The van der Waals surface area contributed by atoms with Gasteiger partial charge in [0.05, 0.1) is 16.0 Å². The van der Waals surface area contributed by atoms with Crippen LogP contribution in [0.3, 0.4) is 0 Å². The standard InChI is InChI=1S/C17H21Cl2N5O4/c1-2-22(11-8-6-10(7-9-11)15(25)26)16(27)24-17(28)23(20-21-24)14-12(18)4-3-5-13(14)19/h3-5,10-11,20-21H,2,6-9H2,1H3,(H,25,26). The molecule has 1 aliphatic heterocycles. The monoisotopic (exact) mass is 429 g/mol. The molecule has 1 aliphatic carbocycles. The van der Waals surface area contributed by atoms with E-state index in [0.717, 1.165) is 10.0 Å². The maximum Gasteiger partial charge on any atom is 0.364 e. The fourth-order valence-electron chi connectivity index (χ4n) is 3.59. The summed E-state index contributed by atoms with van der Waals surface area (Å²) >= 11 is 12.3. The number of carbonyl (C=O) groups is 3. The van der Waals surface area contributed by atoms with E-state index in [0.29, 0.717) is 32.2 Å². The molecular weight excluding hydrogens is 409 g/mol. The van der Waals surface area contributed by atoms with Gasteiger partial charge in [0.1, 0.15) is 5.69 Å². The van der Waals surface area contributed by atoms with Crippen LogP contribution in [-0.4, -0.2) is 45.6 Å². The molecule has 0 atom stereocenters. The first-order valence-corrected chi connectivity index (χ1v) is 9.73. The van der Waals surface area contributed by atoms with Crippen LogP contribution in [-0.2, 0) is 4.79 Å². The van der Waals surface area contributed by atoms with E-state index in [1.54, 1.807) is 23.1 Å². The van der Waals surface area contributed by atoms with Gasteiger partial charge in [-0.25, -0.2) is 14.6 Å². The minimum Gasteiger partial charge on any atom is -0.481 e. The minimum atomic E-state index is -0.805. The van der Waals surface area contributed by atoms with Crippen molar-refractivity contribution in [2.45, 2.75) is 38.6 Å². The Hall–Kier alpha value is -2.07. The topological polar surface area (TPSA) is 105 Å². The van der Waals surface area contributed by atoms with Crippen molar-refractivity contribution in [1.29, 1.82) is 0 Å². The molecule has 1 saturated heterocycles. The zero-order valence-electron chi connectivity index (χ0n) is 15.2. The van der Waals surface area contributed by atoms with E-state index in [1.165, 1.54) is 0 Å². The number of benzene rings is 1. The average molecular weight is 430 g/mol. The highest BCUT2D eigenvalue weighted by Crippen LogP contribution is 2.34. The number of anilines is 1. The van der Waals surface area contributed by atoms with Gasteiger partial charge in [-0.1, -0.05) is 29.3 Å². The predicted molar refractivity (Wildman–Crippen MR) is 104 cm³/mol. The van der Waals surface area contributed by atoms with Gasteiger partial charge >= 0.3 is 18.0 Å². The summed E-state index contributed by atoms with van der Waals surface area (Å²) in [7, 11) is 0. The van der Waals surface area contributed by atoms with Gasteiger partial charge in [0.2, 0.25) is 0 Å². The number of nitrogens with one attached hydrogen (secondary N) is 2. The molecule has 2 aliphatic rings. The maximum absolute atomic E-state index is 13.0. The summed E-state index contributed by atoms with van der Waals surface area (Å²) < 4.78 is 0. The van der Waals surface area contributed by atoms with Crippen molar-refractivity contribution in [3.8, 4) is 0 Å². The second-order valence-electron chi connectivity index (χ2n) is 6.66. The molecule has 0 spiro atoms. The van der Waals surface area contributed by atoms with Gasteiger partial charge in [-0.05, 0) is 44.7 Å². The fourth-order valence-corrected chi connectivity index (χ4v) is 4.16. The zero-order valence-corrected chi connectivity index (χ0v) is 16.7. The maximum atomic E-state index is 13.0. The molecule has 4 amide bonds. The van der Waals surface area contributed by atoms with Crippen molar-refractivity contribution < 1.29 is 19.5 Å². The minimum absolute atomic E-state index is 0.124. The van der Waals surface area contributed by atoms with Crippen molar-refractivity contribution in [3.63, 3.8) is 0 Å². The third kappa shape index (κ3) is 3.88. The molecule has 1 aromatic carbocycles. The van der Waals surface area contributed by atoms with Crippen LogP contribution in [0.4, 0.5) is 15.3 Å². The summed E-state index contributed by atoms with van der Waals surface area (Å²) in [5.74, 6) is -1.18. The SMILES string of the molecule is CCN(C(=O)N1NNN(c2c(Cl)cccc2Cl)C1=O)C1CCC(C(=O)O)CC1. The molecule has 0 unspecified atom stereocenters. The predicted octanol–water partition coefficient (Wildman–Crippen LogP) is 3.24. The molecule has 28 heavy (non-hydrogen) atoms. The van der Waals surface area contributed by atoms with Crippen LogP contribution in [0.5, 0.6) is 0 Å². The first kappa shape index (κ1) is 20.7. The first-order chi connectivity index (χ1) is 13.3. The van der Waals surface area contributed by atoms with E-state index < -0.39 is 18.0 Å². The van der Waals surface area contributed by atoms with E-state index in [-0.39, 0.29) is 27.7 Å². The molecular formula is C17H21Cl2N5O4. The summed E-state index contributed by atoms with van der Waals surface area (Å²) in [6, 6.07) is 3.50. The number of aliphatic carboxylic acids is 1. The Morgan fingerprint density at radius 1 is 1.18 bits per heavy atom. The molecule has 3 N–H and O–H groups in total. The van der Waals surface area contributed by atoms with E-state index >= 15 is 0 Å². The molecule has 9 nitrogen and oxygen atoms in total. The number of imide groups is 1. The number of para-hydroxylation sites is 1. The summed E-state index contributed by atoms with van der Waals surface area (Å²) in [5, 5.41) is 11.6. The number of hydrogen-bond acceptors (Lipinski definition) is 5.